The average Bonchev–Trinajstić information content (AvgIpc) is 3.30. The van der Waals surface area contributed by atoms with Crippen LogP contribution in [0.5, 0.6) is 5.75 Å². The van der Waals surface area contributed by atoms with Crippen molar-refractivity contribution in [2.24, 2.45) is 0 Å². The van der Waals surface area contributed by atoms with Gasteiger partial charge in [-0.2, -0.15) is 4.31 Å². The number of carbonyl (C=O) groups excluding carboxylic acids is 1. The second-order valence-corrected chi connectivity index (χ2v) is 10.2. The number of amides is 1. The van der Waals surface area contributed by atoms with Gasteiger partial charge in [0.05, 0.1) is 19.0 Å². The van der Waals surface area contributed by atoms with E-state index in [9.17, 15) is 13.2 Å². The van der Waals surface area contributed by atoms with Crippen molar-refractivity contribution < 1.29 is 17.9 Å². The van der Waals surface area contributed by atoms with Crippen molar-refractivity contribution in [2.75, 3.05) is 19.4 Å². The van der Waals surface area contributed by atoms with Crippen LogP contribution in [0.15, 0.2) is 40.6 Å². The fourth-order valence-electron chi connectivity index (χ4n) is 2.65. The molecule has 1 amide bonds. The first-order valence-corrected chi connectivity index (χ1v) is 11.3. The van der Waals surface area contributed by atoms with Gasteiger partial charge in [0.1, 0.15) is 9.96 Å². The van der Waals surface area contributed by atoms with E-state index in [1.54, 1.807) is 35.3 Å². The highest BCUT2D eigenvalue weighted by Crippen LogP contribution is 2.42. The quantitative estimate of drug-likeness (QED) is 0.790. The molecule has 1 aliphatic heterocycles. The van der Waals surface area contributed by atoms with Crippen LogP contribution in [-0.2, 0) is 21.4 Å². The van der Waals surface area contributed by atoms with Crippen molar-refractivity contribution >= 4 is 39.0 Å². The van der Waals surface area contributed by atoms with Gasteiger partial charge >= 0.3 is 0 Å². The Bertz CT molecular complexity index is 878. The molecule has 1 atom stereocenters. The van der Waals surface area contributed by atoms with Gasteiger partial charge in [-0.3, -0.25) is 4.79 Å². The number of rotatable bonds is 6. The van der Waals surface area contributed by atoms with E-state index in [2.05, 4.69) is 5.32 Å². The maximum atomic E-state index is 13.1. The molecular weight excluding hydrogens is 392 g/mol. The predicted octanol–water partition coefficient (Wildman–Crippen LogP) is 2.83. The van der Waals surface area contributed by atoms with E-state index in [1.807, 2.05) is 24.3 Å². The Labute approximate surface area is 161 Å². The first-order chi connectivity index (χ1) is 12.4. The Morgan fingerprint density at radius 2 is 2.00 bits per heavy atom. The zero-order chi connectivity index (χ0) is 18.7. The zero-order valence-electron chi connectivity index (χ0n) is 14.5. The Kier molecular flexibility index (Phi) is 5.91. The highest BCUT2D eigenvalue weighted by Gasteiger charge is 2.37. The molecule has 140 valence electrons. The Morgan fingerprint density at radius 1 is 1.27 bits per heavy atom. The summed E-state index contributed by atoms with van der Waals surface area (Å²) in [6, 6.07) is 10.9. The van der Waals surface area contributed by atoms with Crippen molar-refractivity contribution in [1.82, 2.24) is 9.62 Å². The molecule has 2 aromatic rings. The number of sulfonamides is 1. The van der Waals surface area contributed by atoms with Gasteiger partial charge in [0.15, 0.2) is 0 Å². The van der Waals surface area contributed by atoms with E-state index in [4.69, 9.17) is 4.74 Å². The van der Waals surface area contributed by atoms with Crippen LogP contribution in [0.1, 0.15) is 22.7 Å². The summed E-state index contributed by atoms with van der Waals surface area (Å²) < 4.78 is 33.2. The molecule has 26 heavy (non-hydrogen) atoms. The largest absolute Gasteiger partial charge is 0.497 e. The van der Waals surface area contributed by atoms with Crippen molar-refractivity contribution in [3.05, 3.63) is 46.8 Å². The molecule has 9 heteroatoms. The fraction of sp³-hybridized carbons (Fsp3) is 0.353. The lowest BCUT2D eigenvalue weighted by Crippen LogP contribution is -2.30. The molecule has 6 nitrogen and oxygen atoms in total. The molecule has 1 aliphatic rings. The SMILES string of the molecule is COc1ccc(C2SCCN2S(=O)(=O)c2ccc(CNC(C)=O)s2)cc1. The summed E-state index contributed by atoms with van der Waals surface area (Å²) in [5.74, 6) is 1.35. The molecule has 1 N–H and O–H groups in total. The molecule has 1 unspecified atom stereocenters. The van der Waals surface area contributed by atoms with E-state index in [0.29, 0.717) is 17.3 Å². The summed E-state index contributed by atoms with van der Waals surface area (Å²) >= 11 is 2.81. The predicted molar refractivity (Wildman–Crippen MR) is 104 cm³/mol. The number of hydrogen-bond acceptors (Lipinski definition) is 6. The van der Waals surface area contributed by atoms with Crippen LogP contribution in [0.3, 0.4) is 0 Å². The van der Waals surface area contributed by atoms with Crippen LogP contribution >= 0.6 is 23.1 Å². The third kappa shape index (κ3) is 4.06. The normalized spacial score (nSPS) is 18.0. The number of nitrogens with one attached hydrogen (secondary N) is 1. The topological polar surface area (TPSA) is 75.7 Å². The third-order valence-corrected chi connectivity index (χ3v) is 8.77. The molecule has 0 aliphatic carbocycles. The highest BCUT2D eigenvalue weighted by atomic mass is 32.2. The second kappa shape index (κ2) is 7.99. The van der Waals surface area contributed by atoms with Gasteiger partial charge in [-0.05, 0) is 29.8 Å². The standard InChI is InChI=1S/C17H20N2O4S3/c1-12(20)18-11-15-7-8-16(25-15)26(21,22)19-9-10-24-17(19)13-3-5-14(23-2)6-4-13/h3-8,17H,9-11H2,1-2H3,(H,18,20). The molecule has 1 fully saturated rings. The van der Waals surface area contributed by atoms with E-state index in [0.717, 1.165) is 21.9 Å². The summed E-state index contributed by atoms with van der Waals surface area (Å²) in [6.45, 7) is 2.25. The Balaban J connectivity index is 1.82. The minimum absolute atomic E-state index is 0.140. The average molecular weight is 413 g/mol. The minimum atomic E-state index is -3.58. The molecular formula is C17H20N2O4S3. The minimum Gasteiger partial charge on any atom is -0.497 e. The summed E-state index contributed by atoms with van der Waals surface area (Å²) in [5.41, 5.74) is 0.937. The molecule has 1 aromatic carbocycles. The summed E-state index contributed by atoms with van der Waals surface area (Å²) in [4.78, 5) is 11.8. The third-order valence-electron chi connectivity index (χ3n) is 3.96. The maximum Gasteiger partial charge on any atom is 0.253 e. The lowest BCUT2D eigenvalue weighted by Gasteiger charge is -2.23. The number of carbonyl (C=O) groups is 1. The van der Waals surface area contributed by atoms with Crippen LogP contribution < -0.4 is 10.1 Å². The molecule has 0 radical (unpaired) electrons. The highest BCUT2D eigenvalue weighted by molar-refractivity contribution is 8.01. The number of methoxy groups -OCH3 is 1. The lowest BCUT2D eigenvalue weighted by atomic mass is 10.2. The van der Waals surface area contributed by atoms with Crippen molar-refractivity contribution in [1.29, 1.82) is 0 Å². The van der Waals surface area contributed by atoms with Crippen molar-refractivity contribution in [3.8, 4) is 5.75 Å². The summed E-state index contributed by atoms with van der Waals surface area (Å²) in [5, 5.41) is 2.44. The van der Waals surface area contributed by atoms with Crippen LogP contribution in [0.25, 0.3) is 0 Å². The van der Waals surface area contributed by atoms with Gasteiger partial charge in [0.25, 0.3) is 10.0 Å². The molecule has 0 bridgehead atoms. The number of thioether (sulfide) groups is 1. The van der Waals surface area contributed by atoms with Gasteiger partial charge in [0, 0.05) is 24.1 Å². The van der Waals surface area contributed by atoms with Crippen LogP contribution in [-0.4, -0.2) is 38.0 Å². The molecule has 0 saturated carbocycles. The first-order valence-electron chi connectivity index (χ1n) is 8.02. The summed E-state index contributed by atoms with van der Waals surface area (Å²) in [7, 11) is -1.98. The smallest absolute Gasteiger partial charge is 0.253 e. The molecule has 0 spiro atoms. The van der Waals surface area contributed by atoms with E-state index in [-0.39, 0.29) is 11.3 Å². The lowest BCUT2D eigenvalue weighted by molar-refractivity contribution is -0.119. The molecule has 1 saturated heterocycles. The Hall–Kier alpha value is -1.55. The van der Waals surface area contributed by atoms with E-state index in [1.165, 1.54) is 18.3 Å². The number of nitrogens with zero attached hydrogens (tertiary/aromatic N) is 1. The van der Waals surface area contributed by atoms with Crippen LogP contribution in [0, 0.1) is 0 Å². The van der Waals surface area contributed by atoms with Crippen molar-refractivity contribution in [2.45, 2.75) is 23.1 Å². The fourth-order valence-corrected chi connectivity index (χ4v) is 7.32. The van der Waals surface area contributed by atoms with Crippen LogP contribution in [0.4, 0.5) is 0 Å². The maximum absolute atomic E-state index is 13.1. The Morgan fingerprint density at radius 3 is 2.65 bits per heavy atom. The van der Waals surface area contributed by atoms with Gasteiger partial charge in [0.2, 0.25) is 5.91 Å². The molecule has 1 aromatic heterocycles. The van der Waals surface area contributed by atoms with Gasteiger partial charge in [-0.15, -0.1) is 23.1 Å². The van der Waals surface area contributed by atoms with Gasteiger partial charge in [-0.1, -0.05) is 12.1 Å². The first kappa shape index (κ1) is 19.2. The second-order valence-electron chi connectivity index (χ2n) is 5.74. The van der Waals surface area contributed by atoms with Crippen molar-refractivity contribution in [3.63, 3.8) is 0 Å². The molecule has 3 rings (SSSR count). The van der Waals surface area contributed by atoms with Gasteiger partial charge < -0.3 is 10.1 Å². The molecule has 2 heterocycles. The number of ether oxygens (including phenoxy) is 1. The van der Waals surface area contributed by atoms with Crippen LogP contribution in [0.2, 0.25) is 0 Å². The van der Waals surface area contributed by atoms with Gasteiger partial charge in [-0.25, -0.2) is 8.42 Å². The monoisotopic (exact) mass is 412 g/mol. The number of benzene rings is 1. The number of hydrogen-bond donors (Lipinski definition) is 1. The van der Waals surface area contributed by atoms with E-state index < -0.39 is 10.0 Å². The van der Waals surface area contributed by atoms with E-state index >= 15 is 0 Å². The zero-order valence-corrected chi connectivity index (χ0v) is 16.9. The number of thiophene rings is 1. The summed E-state index contributed by atoms with van der Waals surface area (Å²) in [6.07, 6.45) is 0.